The summed E-state index contributed by atoms with van der Waals surface area (Å²) in [5.74, 6) is 0.720. The maximum Gasteiger partial charge on any atom is 0.194 e. The molecule has 4 unspecified atom stereocenters. The lowest BCUT2D eigenvalue weighted by molar-refractivity contribution is 0.164. The van der Waals surface area contributed by atoms with E-state index < -0.39 is 0 Å². The highest BCUT2D eigenvalue weighted by molar-refractivity contribution is 5.78. The van der Waals surface area contributed by atoms with Crippen LogP contribution in [0.2, 0.25) is 0 Å². The fraction of sp³-hybridized carbons (Fsp3) is 0.941. The van der Waals surface area contributed by atoms with E-state index >= 15 is 0 Å². The van der Waals surface area contributed by atoms with E-state index in [2.05, 4.69) is 65.2 Å². The summed E-state index contributed by atoms with van der Waals surface area (Å²) in [6.07, 6.45) is 4.34. The molecule has 0 bridgehead atoms. The van der Waals surface area contributed by atoms with Gasteiger partial charge < -0.3 is 9.80 Å². The van der Waals surface area contributed by atoms with Gasteiger partial charge in [0.2, 0.25) is 0 Å². The minimum atomic E-state index is 0.424. The SMILES string of the molecule is CCC(C)N(C(=N)N(C(C)CC)C(C)CC)C(C)CC. The summed E-state index contributed by atoms with van der Waals surface area (Å²) < 4.78 is 0. The van der Waals surface area contributed by atoms with Crippen LogP contribution in [0.15, 0.2) is 0 Å². The number of hydrogen-bond acceptors (Lipinski definition) is 1. The van der Waals surface area contributed by atoms with Crippen molar-refractivity contribution in [2.24, 2.45) is 0 Å². The van der Waals surface area contributed by atoms with Crippen LogP contribution in [0, 0.1) is 5.41 Å². The van der Waals surface area contributed by atoms with Crippen molar-refractivity contribution in [1.82, 2.24) is 9.80 Å². The predicted molar refractivity (Wildman–Crippen MR) is 90.4 cm³/mol. The van der Waals surface area contributed by atoms with E-state index in [0.29, 0.717) is 24.2 Å². The third-order valence-corrected chi connectivity index (χ3v) is 4.75. The quantitative estimate of drug-likeness (QED) is 0.516. The Labute approximate surface area is 127 Å². The fourth-order valence-corrected chi connectivity index (χ4v) is 2.62. The molecule has 120 valence electrons. The van der Waals surface area contributed by atoms with Crippen LogP contribution in [-0.4, -0.2) is 39.9 Å². The molecule has 0 aromatic carbocycles. The Morgan fingerprint density at radius 1 is 0.650 bits per heavy atom. The van der Waals surface area contributed by atoms with E-state index in [1.165, 1.54) is 0 Å². The van der Waals surface area contributed by atoms with E-state index in [9.17, 15) is 0 Å². The smallest absolute Gasteiger partial charge is 0.194 e. The topological polar surface area (TPSA) is 30.3 Å². The highest BCUT2D eigenvalue weighted by Crippen LogP contribution is 2.20. The van der Waals surface area contributed by atoms with E-state index in [1.807, 2.05) is 0 Å². The Hall–Kier alpha value is -0.730. The van der Waals surface area contributed by atoms with E-state index in [-0.39, 0.29) is 0 Å². The average molecular weight is 284 g/mol. The van der Waals surface area contributed by atoms with E-state index in [0.717, 1.165) is 31.6 Å². The van der Waals surface area contributed by atoms with Crippen LogP contribution in [-0.2, 0) is 0 Å². The molecule has 3 heteroatoms. The molecule has 0 spiro atoms. The molecular formula is C17H37N3. The summed E-state index contributed by atoms with van der Waals surface area (Å²) >= 11 is 0. The first-order chi connectivity index (χ1) is 9.35. The Morgan fingerprint density at radius 3 is 1.00 bits per heavy atom. The summed E-state index contributed by atoms with van der Waals surface area (Å²) in [6, 6.07) is 1.70. The van der Waals surface area contributed by atoms with Crippen LogP contribution >= 0.6 is 0 Å². The third kappa shape index (κ3) is 4.68. The van der Waals surface area contributed by atoms with Crippen molar-refractivity contribution < 1.29 is 0 Å². The van der Waals surface area contributed by atoms with Gasteiger partial charge in [-0.2, -0.15) is 0 Å². The van der Waals surface area contributed by atoms with Crippen molar-refractivity contribution in [2.75, 3.05) is 0 Å². The minimum Gasteiger partial charge on any atom is -0.338 e. The maximum absolute atomic E-state index is 8.79. The summed E-state index contributed by atoms with van der Waals surface area (Å²) in [5, 5.41) is 8.79. The summed E-state index contributed by atoms with van der Waals surface area (Å²) in [4.78, 5) is 4.64. The molecule has 0 aliphatic heterocycles. The lowest BCUT2D eigenvalue weighted by atomic mass is 10.1. The van der Waals surface area contributed by atoms with Crippen LogP contribution in [0.4, 0.5) is 0 Å². The molecule has 0 aromatic heterocycles. The second-order valence-corrected chi connectivity index (χ2v) is 6.17. The average Bonchev–Trinajstić information content (AvgIpc) is 2.46. The normalized spacial score (nSPS) is 17.2. The standard InChI is InChI=1S/C17H37N3/c1-9-13(5)19(14(6)10-2)17(18)20(15(7)11-3)16(8)12-4/h13-16,18H,9-12H2,1-8H3. The number of hydrogen-bond donors (Lipinski definition) is 1. The fourth-order valence-electron chi connectivity index (χ4n) is 2.62. The number of guanidine groups is 1. The molecular weight excluding hydrogens is 246 g/mol. The first-order valence-corrected chi connectivity index (χ1v) is 8.50. The first-order valence-electron chi connectivity index (χ1n) is 8.50. The molecule has 3 nitrogen and oxygen atoms in total. The van der Waals surface area contributed by atoms with Crippen molar-refractivity contribution in [1.29, 1.82) is 5.41 Å². The van der Waals surface area contributed by atoms with E-state index in [4.69, 9.17) is 5.41 Å². The second kappa shape index (κ2) is 9.25. The first kappa shape index (κ1) is 19.3. The number of rotatable bonds is 8. The summed E-state index contributed by atoms with van der Waals surface area (Å²) in [7, 11) is 0. The van der Waals surface area contributed by atoms with Gasteiger partial charge in [-0.25, -0.2) is 0 Å². The van der Waals surface area contributed by atoms with Gasteiger partial charge >= 0.3 is 0 Å². The predicted octanol–water partition coefficient (Wildman–Crippen LogP) is 4.72. The molecule has 0 aromatic rings. The lowest BCUT2D eigenvalue weighted by Gasteiger charge is -2.45. The third-order valence-electron chi connectivity index (χ3n) is 4.75. The van der Waals surface area contributed by atoms with Gasteiger partial charge in [0.05, 0.1) is 0 Å². The molecule has 4 atom stereocenters. The molecule has 0 rings (SSSR count). The summed E-state index contributed by atoms with van der Waals surface area (Å²) in [5.41, 5.74) is 0. The van der Waals surface area contributed by atoms with Crippen LogP contribution in [0.3, 0.4) is 0 Å². The lowest BCUT2D eigenvalue weighted by Crippen LogP contribution is -2.56. The van der Waals surface area contributed by atoms with Crippen molar-refractivity contribution >= 4 is 5.96 Å². The number of nitrogens with one attached hydrogen (secondary N) is 1. The van der Waals surface area contributed by atoms with Gasteiger partial charge in [-0.15, -0.1) is 0 Å². The van der Waals surface area contributed by atoms with Gasteiger partial charge in [-0.3, -0.25) is 5.41 Å². The molecule has 1 N–H and O–H groups in total. The molecule has 0 aliphatic carbocycles. The monoisotopic (exact) mass is 283 g/mol. The zero-order chi connectivity index (χ0) is 15.9. The molecule has 0 fully saturated rings. The molecule has 20 heavy (non-hydrogen) atoms. The van der Waals surface area contributed by atoms with Crippen molar-refractivity contribution in [3.8, 4) is 0 Å². The van der Waals surface area contributed by atoms with E-state index in [1.54, 1.807) is 0 Å². The molecule has 0 saturated heterocycles. The van der Waals surface area contributed by atoms with Gasteiger partial charge in [0.15, 0.2) is 5.96 Å². The van der Waals surface area contributed by atoms with Crippen molar-refractivity contribution in [3.05, 3.63) is 0 Å². The summed E-state index contributed by atoms with van der Waals surface area (Å²) in [6.45, 7) is 17.8. The zero-order valence-corrected chi connectivity index (χ0v) is 15.0. The van der Waals surface area contributed by atoms with Gasteiger partial charge in [0, 0.05) is 24.2 Å². The molecule has 0 saturated carbocycles. The van der Waals surface area contributed by atoms with Crippen LogP contribution in [0.1, 0.15) is 81.1 Å². The van der Waals surface area contributed by atoms with Crippen LogP contribution < -0.4 is 0 Å². The van der Waals surface area contributed by atoms with Gasteiger partial charge in [-0.05, 0) is 53.4 Å². The maximum atomic E-state index is 8.79. The zero-order valence-electron chi connectivity index (χ0n) is 15.0. The largest absolute Gasteiger partial charge is 0.338 e. The molecule has 0 aliphatic rings. The van der Waals surface area contributed by atoms with Gasteiger partial charge in [0.25, 0.3) is 0 Å². The van der Waals surface area contributed by atoms with Crippen LogP contribution in [0.5, 0.6) is 0 Å². The highest BCUT2D eigenvalue weighted by Gasteiger charge is 2.29. The molecule has 0 radical (unpaired) electrons. The highest BCUT2D eigenvalue weighted by atomic mass is 15.4. The van der Waals surface area contributed by atoms with Crippen LogP contribution in [0.25, 0.3) is 0 Å². The van der Waals surface area contributed by atoms with Gasteiger partial charge in [-0.1, -0.05) is 27.7 Å². The Bertz CT molecular complexity index is 231. The molecule has 0 amide bonds. The number of nitrogens with zero attached hydrogens (tertiary/aromatic N) is 2. The minimum absolute atomic E-state index is 0.424. The Morgan fingerprint density at radius 2 is 0.850 bits per heavy atom. The Balaban J connectivity index is 5.34. The van der Waals surface area contributed by atoms with Crippen molar-refractivity contribution in [2.45, 2.75) is 105 Å². The van der Waals surface area contributed by atoms with Gasteiger partial charge in [0.1, 0.15) is 0 Å². The van der Waals surface area contributed by atoms with Crippen molar-refractivity contribution in [3.63, 3.8) is 0 Å². The Kier molecular flexibility index (Phi) is 8.91. The molecule has 0 heterocycles. The second-order valence-electron chi connectivity index (χ2n) is 6.17.